The first kappa shape index (κ1) is 17.0. The standard InChI is InChI=1S/C18H23N5O3/c1-12(9-19)16-20-21-17(26-16)15-8-7-14-10-22(15)18(24)23(14)25-11-13-5-3-2-4-6-13/h2-6,12,14-15H,7-11,19H2,1H3/t12-,14-,15+/m1/s1. The number of nitrogens with two attached hydrogens (primary N) is 1. The average molecular weight is 357 g/mol. The average Bonchev–Trinajstić information content (AvgIpc) is 3.26. The van der Waals surface area contributed by atoms with Crippen LogP contribution in [0.5, 0.6) is 0 Å². The molecule has 4 rings (SSSR count). The lowest BCUT2D eigenvalue weighted by atomic mass is 10.0. The van der Waals surface area contributed by atoms with Crippen LogP contribution in [0.15, 0.2) is 34.7 Å². The Morgan fingerprint density at radius 1 is 1.31 bits per heavy atom. The number of piperidine rings is 1. The molecule has 138 valence electrons. The van der Waals surface area contributed by atoms with Gasteiger partial charge in [-0.25, -0.2) is 4.79 Å². The minimum atomic E-state index is -0.199. The SMILES string of the molecule is C[C@H](CN)c1nnc([C@@H]2CC[C@@H]3CN2C(=O)N3OCc2ccccc2)o1. The van der Waals surface area contributed by atoms with Gasteiger partial charge in [-0.1, -0.05) is 37.3 Å². The van der Waals surface area contributed by atoms with E-state index in [4.69, 9.17) is 15.0 Å². The molecule has 2 saturated heterocycles. The van der Waals surface area contributed by atoms with E-state index in [2.05, 4.69) is 10.2 Å². The summed E-state index contributed by atoms with van der Waals surface area (Å²) in [5.41, 5.74) is 6.69. The maximum atomic E-state index is 12.8. The number of aromatic nitrogens is 2. The summed E-state index contributed by atoms with van der Waals surface area (Å²) in [7, 11) is 0. The first-order valence-electron chi connectivity index (χ1n) is 8.97. The Morgan fingerprint density at radius 3 is 2.88 bits per heavy atom. The van der Waals surface area contributed by atoms with Gasteiger partial charge in [-0.2, -0.15) is 5.06 Å². The molecule has 3 atom stereocenters. The van der Waals surface area contributed by atoms with Gasteiger partial charge < -0.3 is 15.1 Å². The van der Waals surface area contributed by atoms with Gasteiger partial charge in [0.1, 0.15) is 12.6 Å². The number of benzene rings is 1. The summed E-state index contributed by atoms with van der Waals surface area (Å²) >= 11 is 0. The molecule has 0 spiro atoms. The Bertz CT molecular complexity index is 765. The maximum absolute atomic E-state index is 12.8. The number of hydrogen-bond acceptors (Lipinski definition) is 6. The van der Waals surface area contributed by atoms with Crippen LogP contribution in [0.2, 0.25) is 0 Å². The third kappa shape index (κ3) is 3.06. The Kier molecular flexibility index (Phi) is 4.60. The predicted octanol–water partition coefficient (Wildman–Crippen LogP) is 2.20. The summed E-state index contributed by atoms with van der Waals surface area (Å²) in [6.45, 7) is 3.37. The molecule has 2 aromatic rings. The van der Waals surface area contributed by atoms with E-state index in [1.807, 2.05) is 37.3 Å². The first-order chi connectivity index (χ1) is 12.7. The number of amides is 2. The molecule has 8 heteroatoms. The number of carbonyl (C=O) groups excluding carboxylic acids is 1. The van der Waals surface area contributed by atoms with E-state index in [0.29, 0.717) is 31.5 Å². The molecule has 3 heterocycles. The third-order valence-electron chi connectivity index (χ3n) is 5.05. The number of nitrogens with zero attached hydrogens (tertiary/aromatic N) is 4. The second kappa shape index (κ2) is 7.05. The second-order valence-electron chi connectivity index (χ2n) is 6.88. The van der Waals surface area contributed by atoms with Crippen LogP contribution >= 0.6 is 0 Å². The van der Waals surface area contributed by atoms with Crippen molar-refractivity contribution in [3.63, 3.8) is 0 Å². The molecule has 0 radical (unpaired) electrons. The fraction of sp³-hybridized carbons (Fsp3) is 0.500. The number of fused-ring (bicyclic) bond motifs is 2. The summed E-state index contributed by atoms with van der Waals surface area (Å²) in [5.74, 6) is 1.01. The molecule has 0 aliphatic carbocycles. The van der Waals surface area contributed by atoms with Crippen molar-refractivity contribution in [2.24, 2.45) is 5.73 Å². The molecular weight excluding hydrogens is 334 g/mol. The van der Waals surface area contributed by atoms with Gasteiger partial charge in [-0.3, -0.25) is 4.84 Å². The zero-order chi connectivity index (χ0) is 18.1. The van der Waals surface area contributed by atoms with Crippen LogP contribution in [0.25, 0.3) is 0 Å². The van der Waals surface area contributed by atoms with Gasteiger partial charge in [0, 0.05) is 19.0 Å². The molecule has 8 nitrogen and oxygen atoms in total. The smallest absolute Gasteiger partial charge is 0.345 e. The van der Waals surface area contributed by atoms with Gasteiger partial charge in [-0.15, -0.1) is 10.2 Å². The van der Waals surface area contributed by atoms with Crippen LogP contribution in [0.3, 0.4) is 0 Å². The van der Waals surface area contributed by atoms with Gasteiger partial charge >= 0.3 is 6.03 Å². The summed E-state index contributed by atoms with van der Waals surface area (Å²) in [5, 5.41) is 9.75. The molecule has 1 aromatic heterocycles. The van der Waals surface area contributed by atoms with Crippen molar-refractivity contribution < 1.29 is 14.0 Å². The van der Waals surface area contributed by atoms with Crippen LogP contribution in [-0.2, 0) is 11.4 Å². The molecule has 0 unspecified atom stereocenters. The number of urea groups is 1. The van der Waals surface area contributed by atoms with Crippen molar-refractivity contribution in [2.45, 2.75) is 44.4 Å². The van der Waals surface area contributed by atoms with Gasteiger partial charge in [-0.05, 0) is 18.4 Å². The van der Waals surface area contributed by atoms with Gasteiger partial charge in [0.05, 0.1) is 6.04 Å². The van der Waals surface area contributed by atoms with Crippen molar-refractivity contribution in [3.05, 3.63) is 47.7 Å². The molecule has 0 saturated carbocycles. The lowest BCUT2D eigenvalue weighted by Gasteiger charge is -2.27. The Labute approximate surface area is 151 Å². The molecule has 2 fully saturated rings. The molecule has 2 N–H and O–H groups in total. The van der Waals surface area contributed by atoms with Gasteiger partial charge in [0.2, 0.25) is 11.8 Å². The van der Waals surface area contributed by atoms with E-state index in [-0.39, 0.29) is 24.0 Å². The normalized spacial score (nSPS) is 23.5. The van der Waals surface area contributed by atoms with Crippen molar-refractivity contribution >= 4 is 6.03 Å². The Balaban J connectivity index is 1.45. The van der Waals surface area contributed by atoms with E-state index in [9.17, 15) is 4.79 Å². The number of carbonyl (C=O) groups is 1. The summed E-state index contributed by atoms with van der Waals surface area (Å²) in [4.78, 5) is 20.4. The van der Waals surface area contributed by atoms with Gasteiger partial charge in [0.25, 0.3) is 0 Å². The lowest BCUT2D eigenvalue weighted by molar-refractivity contribution is -0.140. The highest BCUT2D eigenvalue weighted by atomic mass is 16.7. The minimum absolute atomic E-state index is 0.00701. The first-order valence-corrected chi connectivity index (χ1v) is 8.97. The van der Waals surface area contributed by atoms with Gasteiger partial charge in [0.15, 0.2) is 0 Å². The summed E-state index contributed by atoms with van der Waals surface area (Å²) < 4.78 is 5.78. The molecule has 2 amide bonds. The molecule has 2 aliphatic heterocycles. The van der Waals surface area contributed by atoms with Crippen LogP contribution < -0.4 is 5.73 Å². The zero-order valence-electron chi connectivity index (χ0n) is 14.7. The zero-order valence-corrected chi connectivity index (χ0v) is 14.7. The topological polar surface area (TPSA) is 97.7 Å². The van der Waals surface area contributed by atoms with Crippen molar-refractivity contribution in [1.82, 2.24) is 20.2 Å². The fourth-order valence-corrected chi connectivity index (χ4v) is 3.45. The van der Waals surface area contributed by atoms with E-state index < -0.39 is 0 Å². The minimum Gasteiger partial charge on any atom is -0.423 e. The van der Waals surface area contributed by atoms with Crippen molar-refractivity contribution in [1.29, 1.82) is 0 Å². The third-order valence-corrected chi connectivity index (χ3v) is 5.05. The number of hydrogen-bond donors (Lipinski definition) is 1. The highest BCUT2D eigenvalue weighted by molar-refractivity contribution is 5.77. The van der Waals surface area contributed by atoms with Crippen LogP contribution in [0, 0.1) is 0 Å². The van der Waals surface area contributed by atoms with Crippen molar-refractivity contribution in [2.75, 3.05) is 13.1 Å². The quantitative estimate of drug-likeness (QED) is 0.851. The van der Waals surface area contributed by atoms with E-state index in [0.717, 1.165) is 18.4 Å². The van der Waals surface area contributed by atoms with Crippen LogP contribution in [0.1, 0.15) is 49.1 Å². The van der Waals surface area contributed by atoms with E-state index >= 15 is 0 Å². The fourth-order valence-electron chi connectivity index (χ4n) is 3.45. The monoisotopic (exact) mass is 357 g/mol. The lowest BCUT2D eigenvalue weighted by Crippen LogP contribution is -2.34. The van der Waals surface area contributed by atoms with Crippen molar-refractivity contribution in [3.8, 4) is 0 Å². The highest BCUT2D eigenvalue weighted by Crippen LogP contribution is 2.38. The molecule has 26 heavy (non-hydrogen) atoms. The Hall–Kier alpha value is -2.45. The summed E-state index contributed by atoms with van der Waals surface area (Å²) in [6, 6.07) is 9.55. The molecule has 1 aromatic carbocycles. The number of hydroxylamine groups is 2. The number of rotatable bonds is 6. The predicted molar refractivity (Wildman–Crippen MR) is 92.7 cm³/mol. The largest absolute Gasteiger partial charge is 0.423 e. The highest BCUT2D eigenvalue weighted by Gasteiger charge is 2.47. The van der Waals surface area contributed by atoms with Crippen LogP contribution in [-0.4, -0.2) is 45.3 Å². The molecular formula is C18H23N5O3. The Morgan fingerprint density at radius 2 is 2.12 bits per heavy atom. The van der Waals surface area contributed by atoms with E-state index in [1.54, 1.807) is 4.90 Å². The van der Waals surface area contributed by atoms with Crippen LogP contribution in [0.4, 0.5) is 4.79 Å². The second-order valence-corrected chi connectivity index (χ2v) is 6.88. The molecule has 2 aliphatic rings. The maximum Gasteiger partial charge on any atom is 0.345 e. The van der Waals surface area contributed by atoms with E-state index in [1.165, 1.54) is 5.06 Å². The summed E-state index contributed by atoms with van der Waals surface area (Å²) in [6.07, 6.45) is 1.62. The molecule has 2 bridgehead atoms.